The minimum atomic E-state index is -5.20. The SMILES string of the molecule is CCCC(NC(=O)Nc1cc(C(F)(F)F)cc(C(F)(F)F)c1)NC(=O)Nc1cc(C(F)(F)F)cc(C(F)(F)F)c1. The summed E-state index contributed by atoms with van der Waals surface area (Å²) in [6.45, 7) is 1.52. The van der Waals surface area contributed by atoms with Gasteiger partial charge in [-0.05, 0) is 42.8 Å². The second-order valence-corrected chi connectivity index (χ2v) is 8.13. The first-order valence-electron chi connectivity index (χ1n) is 10.8. The van der Waals surface area contributed by atoms with Crippen LogP contribution in [0.3, 0.4) is 0 Å². The molecule has 222 valence electrons. The van der Waals surface area contributed by atoms with Crippen LogP contribution in [0.5, 0.6) is 0 Å². The van der Waals surface area contributed by atoms with E-state index < -0.39 is 76.6 Å². The Labute approximate surface area is 217 Å². The highest BCUT2D eigenvalue weighted by Gasteiger charge is 2.38. The summed E-state index contributed by atoms with van der Waals surface area (Å²) >= 11 is 0. The van der Waals surface area contributed by atoms with E-state index in [2.05, 4.69) is 0 Å². The first kappa shape index (κ1) is 32.4. The highest BCUT2D eigenvalue weighted by Crippen LogP contribution is 2.38. The molecule has 40 heavy (non-hydrogen) atoms. The molecule has 0 aliphatic rings. The summed E-state index contributed by atoms with van der Waals surface area (Å²) in [6.07, 6.45) is -22.1. The maximum Gasteiger partial charge on any atom is 0.416 e. The highest BCUT2D eigenvalue weighted by atomic mass is 19.4. The van der Waals surface area contributed by atoms with Crippen LogP contribution in [0.2, 0.25) is 0 Å². The zero-order chi connectivity index (χ0) is 30.7. The second-order valence-electron chi connectivity index (χ2n) is 8.13. The van der Waals surface area contributed by atoms with Gasteiger partial charge in [-0.25, -0.2) is 9.59 Å². The number of nitrogens with one attached hydrogen (secondary N) is 4. The summed E-state index contributed by atoms with van der Waals surface area (Å²) in [5.74, 6) is 0. The molecule has 2 rings (SSSR count). The number of anilines is 2. The molecule has 0 radical (unpaired) electrons. The van der Waals surface area contributed by atoms with E-state index in [0.717, 1.165) is 0 Å². The van der Waals surface area contributed by atoms with Crippen molar-refractivity contribution in [2.45, 2.75) is 50.6 Å². The van der Waals surface area contributed by atoms with Crippen molar-refractivity contribution < 1.29 is 62.3 Å². The number of halogens is 12. The number of alkyl halides is 12. The molecule has 0 aromatic heterocycles. The molecule has 0 heterocycles. The molecule has 0 unspecified atom stereocenters. The number of benzene rings is 2. The number of urea groups is 2. The molecule has 0 fully saturated rings. The summed E-state index contributed by atoms with van der Waals surface area (Å²) in [5.41, 5.74) is -8.72. The fraction of sp³-hybridized carbons (Fsp3) is 0.364. The topological polar surface area (TPSA) is 82.3 Å². The van der Waals surface area contributed by atoms with Gasteiger partial charge in [-0.15, -0.1) is 0 Å². The predicted octanol–water partition coefficient (Wildman–Crippen LogP) is 7.83. The molecule has 0 saturated carbocycles. The van der Waals surface area contributed by atoms with Crippen LogP contribution >= 0.6 is 0 Å². The third-order valence-corrected chi connectivity index (χ3v) is 4.88. The minimum Gasteiger partial charge on any atom is -0.318 e. The van der Waals surface area contributed by atoms with Crippen LogP contribution in [0.4, 0.5) is 73.6 Å². The van der Waals surface area contributed by atoms with E-state index in [9.17, 15) is 62.3 Å². The first-order valence-corrected chi connectivity index (χ1v) is 10.8. The average Bonchev–Trinajstić information content (AvgIpc) is 2.76. The van der Waals surface area contributed by atoms with Gasteiger partial charge in [-0.3, -0.25) is 0 Å². The van der Waals surface area contributed by atoms with E-state index in [4.69, 9.17) is 0 Å². The summed E-state index contributed by atoms with van der Waals surface area (Å²) in [4.78, 5) is 24.5. The van der Waals surface area contributed by atoms with Crippen LogP contribution in [-0.2, 0) is 24.7 Å². The molecule has 0 atom stereocenters. The number of carbonyl (C=O) groups excluding carboxylic acids is 2. The van der Waals surface area contributed by atoms with Crippen LogP contribution < -0.4 is 21.3 Å². The Morgan fingerprint density at radius 1 is 0.575 bits per heavy atom. The Hall–Kier alpha value is -3.86. The van der Waals surface area contributed by atoms with E-state index in [1.165, 1.54) is 6.92 Å². The molecular formula is C22H18F12N4O2. The van der Waals surface area contributed by atoms with Crippen LogP contribution in [0.1, 0.15) is 42.0 Å². The van der Waals surface area contributed by atoms with Gasteiger partial charge in [0.15, 0.2) is 0 Å². The largest absolute Gasteiger partial charge is 0.416 e. The van der Waals surface area contributed by atoms with Crippen molar-refractivity contribution in [3.8, 4) is 0 Å². The smallest absolute Gasteiger partial charge is 0.318 e. The molecule has 0 bridgehead atoms. The summed E-state index contributed by atoms with van der Waals surface area (Å²) in [7, 11) is 0. The lowest BCUT2D eigenvalue weighted by Crippen LogP contribution is -2.50. The van der Waals surface area contributed by atoms with Crippen molar-refractivity contribution in [1.82, 2.24) is 10.6 Å². The fourth-order valence-electron chi connectivity index (χ4n) is 3.17. The number of hydrogen-bond acceptors (Lipinski definition) is 2. The maximum absolute atomic E-state index is 13.0. The molecule has 2 aromatic rings. The zero-order valence-electron chi connectivity index (χ0n) is 19.8. The fourth-order valence-corrected chi connectivity index (χ4v) is 3.17. The Kier molecular flexibility index (Phi) is 9.47. The Morgan fingerprint density at radius 2 is 0.850 bits per heavy atom. The predicted molar refractivity (Wildman–Crippen MR) is 116 cm³/mol. The lowest BCUT2D eigenvalue weighted by atomic mass is 10.1. The molecular weight excluding hydrogens is 580 g/mol. The molecule has 0 aliphatic heterocycles. The van der Waals surface area contributed by atoms with Crippen LogP contribution in [0, 0.1) is 0 Å². The summed E-state index contributed by atoms with van der Waals surface area (Å²) in [5, 5.41) is 7.56. The Morgan fingerprint density at radius 3 is 1.07 bits per heavy atom. The minimum absolute atomic E-state index is 0.117. The molecule has 0 aliphatic carbocycles. The van der Waals surface area contributed by atoms with Crippen LogP contribution in [0.15, 0.2) is 36.4 Å². The van der Waals surface area contributed by atoms with E-state index >= 15 is 0 Å². The van der Waals surface area contributed by atoms with E-state index in [-0.39, 0.29) is 49.2 Å². The van der Waals surface area contributed by atoms with Gasteiger partial charge in [0.1, 0.15) is 6.17 Å². The van der Waals surface area contributed by atoms with Crippen molar-refractivity contribution in [3.05, 3.63) is 58.7 Å². The van der Waals surface area contributed by atoms with Gasteiger partial charge in [-0.1, -0.05) is 13.3 Å². The average molecular weight is 598 g/mol. The van der Waals surface area contributed by atoms with E-state index in [0.29, 0.717) is 0 Å². The van der Waals surface area contributed by atoms with Gasteiger partial charge in [0.2, 0.25) is 0 Å². The molecule has 18 heteroatoms. The maximum atomic E-state index is 13.0. The van der Waals surface area contributed by atoms with Crippen molar-refractivity contribution in [2.75, 3.05) is 10.6 Å². The highest BCUT2D eigenvalue weighted by molar-refractivity contribution is 5.92. The third-order valence-electron chi connectivity index (χ3n) is 4.88. The first-order chi connectivity index (χ1) is 18.1. The number of carbonyl (C=O) groups is 2. The number of hydrogen-bond donors (Lipinski definition) is 4. The van der Waals surface area contributed by atoms with Gasteiger partial charge >= 0.3 is 36.8 Å². The van der Waals surface area contributed by atoms with Gasteiger partial charge in [0, 0.05) is 11.4 Å². The Balaban J connectivity index is 2.20. The lowest BCUT2D eigenvalue weighted by Gasteiger charge is -2.21. The zero-order valence-corrected chi connectivity index (χ0v) is 19.8. The quantitative estimate of drug-likeness (QED) is 0.202. The number of amides is 4. The van der Waals surface area contributed by atoms with Crippen molar-refractivity contribution in [2.24, 2.45) is 0 Å². The molecule has 0 saturated heterocycles. The van der Waals surface area contributed by atoms with Crippen LogP contribution in [0.25, 0.3) is 0 Å². The van der Waals surface area contributed by atoms with Gasteiger partial charge in [0.25, 0.3) is 0 Å². The Bertz CT molecular complexity index is 1060. The van der Waals surface area contributed by atoms with Crippen molar-refractivity contribution in [1.29, 1.82) is 0 Å². The molecule has 4 amide bonds. The number of rotatable bonds is 6. The molecule has 0 spiro atoms. The normalized spacial score (nSPS) is 12.8. The van der Waals surface area contributed by atoms with Crippen molar-refractivity contribution >= 4 is 23.4 Å². The molecule has 6 nitrogen and oxygen atoms in total. The molecule has 2 aromatic carbocycles. The lowest BCUT2D eigenvalue weighted by molar-refractivity contribution is -0.144. The third kappa shape index (κ3) is 9.41. The van der Waals surface area contributed by atoms with Gasteiger partial charge in [-0.2, -0.15) is 52.7 Å². The van der Waals surface area contributed by atoms with E-state index in [1.54, 1.807) is 10.6 Å². The standard InChI is InChI=1S/C22H18F12N4O2/c1-2-3-16(37-17(39)35-14-6-10(19(23,24)25)4-11(7-14)20(26,27)28)38-18(40)36-15-8-12(21(29,30)31)5-13(9-15)22(32,33)34/h4-9,16H,2-3H2,1H3,(H2,35,37,39)(H2,36,38,40). The van der Waals surface area contributed by atoms with Crippen molar-refractivity contribution in [3.63, 3.8) is 0 Å². The van der Waals surface area contributed by atoms with Gasteiger partial charge < -0.3 is 21.3 Å². The van der Waals surface area contributed by atoms with Crippen LogP contribution in [-0.4, -0.2) is 18.2 Å². The van der Waals surface area contributed by atoms with E-state index in [1.807, 2.05) is 10.6 Å². The summed E-state index contributed by atoms with van der Waals surface area (Å²) < 4.78 is 156. The summed E-state index contributed by atoms with van der Waals surface area (Å²) in [6, 6.07) is -2.25. The molecule has 4 N–H and O–H groups in total. The monoisotopic (exact) mass is 598 g/mol. The second kappa shape index (κ2) is 11.7. The van der Waals surface area contributed by atoms with Gasteiger partial charge in [0.05, 0.1) is 22.3 Å².